The number of carbonyl (C=O) groups is 1. The maximum Gasteiger partial charge on any atom is 0.330 e. The van der Waals surface area contributed by atoms with Crippen LogP contribution in [0.4, 0.5) is 0 Å². The molecule has 0 aliphatic rings. The van der Waals surface area contributed by atoms with Crippen molar-refractivity contribution in [2.24, 2.45) is 0 Å². The Morgan fingerprint density at radius 1 is 1.00 bits per heavy atom. The van der Waals surface area contributed by atoms with Crippen molar-refractivity contribution < 1.29 is 9.53 Å². The molecule has 0 saturated carbocycles. The summed E-state index contributed by atoms with van der Waals surface area (Å²) in [6.07, 6.45) is 4.07. The van der Waals surface area contributed by atoms with Gasteiger partial charge in [-0.1, -0.05) is 84.1 Å². The molecule has 33 heavy (non-hydrogen) atoms. The normalized spacial score (nSPS) is 12.4. The lowest BCUT2D eigenvalue weighted by molar-refractivity contribution is -0.137. The molecular formula is C27H28N4O2. The number of hydrogen-bond acceptors (Lipinski definition) is 5. The van der Waals surface area contributed by atoms with Crippen LogP contribution in [0.25, 0.3) is 11.0 Å². The van der Waals surface area contributed by atoms with Gasteiger partial charge in [-0.15, -0.1) is 5.10 Å². The molecule has 0 spiro atoms. The average Bonchev–Trinajstić information content (AvgIpc) is 3.26. The third-order valence-corrected chi connectivity index (χ3v) is 5.49. The molecule has 0 aliphatic carbocycles. The molecular weight excluding hydrogens is 412 g/mol. The minimum atomic E-state index is -0.318. The number of esters is 1. The van der Waals surface area contributed by atoms with Crippen molar-refractivity contribution in [3.05, 3.63) is 108 Å². The van der Waals surface area contributed by atoms with Gasteiger partial charge in [-0.05, 0) is 36.6 Å². The molecule has 1 unspecified atom stereocenters. The second-order valence-corrected chi connectivity index (χ2v) is 7.77. The summed E-state index contributed by atoms with van der Waals surface area (Å²) in [5.74, 6) is -0.318. The van der Waals surface area contributed by atoms with Gasteiger partial charge in [0.1, 0.15) is 5.52 Å². The van der Waals surface area contributed by atoms with Crippen molar-refractivity contribution in [3.63, 3.8) is 0 Å². The molecule has 4 aromatic rings. The van der Waals surface area contributed by atoms with E-state index in [9.17, 15) is 4.79 Å². The van der Waals surface area contributed by atoms with Crippen molar-refractivity contribution in [1.82, 2.24) is 19.9 Å². The van der Waals surface area contributed by atoms with Crippen LogP contribution >= 0.6 is 0 Å². The van der Waals surface area contributed by atoms with Gasteiger partial charge in [0, 0.05) is 18.7 Å². The van der Waals surface area contributed by atoms with Crippen molar-refractivity contribution in [1.29, 1.82) is 0 Å². The van der Waals surface area contributed by atoms with Crippen molar-refractivity contribution in [3.8, 4) is 0 Å². The minimum absolute atomic E-state index is 0.0278. The van der Waals surface area contributed by atoms with Gasteiger partial charge >= 0.3 is 5.97 Å². The number of para-hydroxylation sites is 1. The van der Waals surface area contributed by atoms with E-state index < -0.39 is 0 Å². The molecule has 0 aliphatic heterocycles. The molecule has 6 heteroatoms. The third kappa shape index (κ3) is 5.93. The number of ether oxygens (including phenoxy) is 1. The highest BCUT2D eigenvalue weighted by Crippen LogP contribution is 2.28. The maximum absolute atomic E-state index is 11.9. The van der Waals surface area contributed by atoms with Crippen molar-refractivity contribution in [2.75, 3.05) is 6.61 Å². The monoisotopic (exact) mass is 440 g/mol. The number of benzene rings is 3. The Morgan fingerprint density at radius 3 is 2.45 bits per heavy atom. The molecule has 6 nitrogen and oxygen atoms in total. The fourth-order valence-electron chi connectivity index (χ4n) is 3.93. The first-order valence-electron chi connectivity index (χ1n) is 11.2. The zero-order chi connectivity index (χ0) is 22.9. The molecule has 1 aromatic heterocycles. The van der Waals surface area contributed by atoms with E-state index in [0.29, 0.717) is 19.7 Å². The Morgan fingerprint density at radius 2 is 1.70 bits per heavy atom. The first-order chi connectivity index (χ1) is 16.2. The first kappa shape index (κ1) is 22.4. The van der Waals surface area contributed by atoms with Crippen LogP contribution in [-0.4, -0.2) is 32.5 Å². The van der Waals surface area contributed by atoms with E-state index in [2.05, 4.69) is 51.6 Å². The minimum Gasteiger partial charge on any atom is -0.463 e. The number of hydrogen-bond donors (Lipinski definition) is 0. The third-order valence-electron chi connectivity index (χ3n) is 5.49. The SMILES string of the molecule is CCOC(=O)/C=C/CC(c1ccccc1)N(Cc1ccccc1)Cn1nnc2ccccc21. The number of carbonyl (C=O) groups excluding carboxylic acids is 1. The van der Waals surface area contributed by atoms with Gasteiger partial charge in [-0.3, -0.25) is 4.90 Å². The summed E-state index contributed by atoms with van der Waals surface area (Å²) < 4.78 is 6.99. The summed E-state index contributed by atoms with van der Waals surface area (Å²) >= 11 is 0. The van der Waals surface area contributed by atoms with Crippen LogP contribution in [0.1, 0.15) is 30.5 Å². The van der Waals surface area contributed by atoms with Crippen LogP contribution in [0.3, 0.4) is 0 Å². The smallest absolute Gasteiger partial charge is 0.330 e. The van der Waals surface area contributed by atoms with Crippen LogP contribution in [0.15, 0.2) is 97.1 Å². The molecule has 1 heterocycles. The van der Waals surface area contributed by atoms with E-state index >= 15 is 0 Å². The van der Waals surface area contributed by atoms with E-state index in [1.807, 2.05) is 66.2 Å². The maximum atomic E-state index is 11.9. The molecule has 0 fully saturated rings. The Bertz CT molecular complexity index is 1190. The average molecular weight is 441 g/mol. The second-order valence-electron chi connectivity index (χ2n) is 7.77. The second kappa shape index (κ2) is 11.2. The van der Waals surface area contributed by atoms with Gasteiger partial charge in [0.05, 0.1) is 18.8 Å². The molecule has 4 rings (SSSR count). The number of nitrogens with zero attached hydrogens (tertiary/aromatic N) is 4. The van der Waals surface area contributed by atoms with E-state index in [-0.39, 0.29) is 12.0 Å². The summed E-state index contributed by atoms with van der Waals surface area (Å²) in [4.78, 5) is 14.2. The molecule has 0 bridgehead atoms. The lowest BCUT2D eigenvalue weighted by Gasteiger charge is -2.31. The van der Waals surface area contributed by atoms with Crippen LogP contribution in [-0.2, 0) is 22.7 Å². The predicted molar refractivity (Wildman–Crippen MR) is 129 cm³/mol. The lowest BCUT2D eigenvalue weighted by atomic mass is 10.0. The van der Waals surface area contributed by atoms with Crippen LogP contribution in [0, 0.1) is 0 Å². The molecule has 168 valence electrons. The Labute approximate surface area is 194 Å². The first-order valence-corrected chi connectivity index (χ1v) is 11.2. The standard InChI is InChI=1S/C27H28N4O2/c1-2-33-27(32)19-11-18-25(23-14-7-4-8-15-23)30(20-22-12-5-3-6-13-22)21-31-26-17-10-9-16-24(26)28-29-31/h3-17,19,25H,2,18,20-21H2,1H3/b19-11+. The summed E-state index contributed by atoms with van der Waals surface area (Å²) in [5, 5.41) is 8.75. The highest BCUT2D eigenvalue weighted by molar-refractivity contribution is 5.81. The van der Waals surface area contributed by atoms with Gasteiger partial charge in [-0.2, -0.15) is 0 Å². The molecule has 0 radical (unpaired) electrons. The number of fused-ring (bicyclic) bond motifs is 1. The predicted octanol–water partition coefficient (Wildman–Crippen LogP) is 5.14. The van der Waals surface area contributed by atoms with Gasteiger partial charge in [0.2, 0.25) is 0 Å². The van der Waals surface area contributed by atoms with E-state index in [4.69, 9.17) is 4.74 Å². The zero-order valence-corrected chi connectivity index (χ0v) is 18.7. The van der Waals surface area contributed by atoms with E-state index in [0.717, 1.165) is 17.6 Å². The fourth-order valence-corrected chi connectivity index (χ4v) is 3.93. The van der Waals surface area contributed by atoms with Gasteiger partial charge in [-0.25, -0.2) is 9.48 Å². The van der Waals surface area contributed by atoms with Crippen LogP contribution < -0.4 is 0 Å². The lowest BCUT2D eigenvalue weighted by Crippen LogP contribution is -2.31. The van der Waals surface area contributed by atoms with Gasteiger partial charge < -0.3 is 4.74 Å². The quantitative estimate of drug-likeness (QED) is 0.252. The Hall–Kier alpha value is -3.77. The Balaban J connectivity index is 1.67. The number of aromatic nitrogens is 3. The molecule has 0 N–H and O–H groups in total. The van der Waals surface area contributed by atoms with Crippen LogP contribution in [0.2, 0.25) is 0 Å². The van der Waals surface area contributed by atoms with E-state index in [1.165, 1.54) is 17.2 Å². The van der Waals surface area contributed by atoms with Gasteiger partial charge in [0.25, 0.3) is 0 Å². The van der Waals surface area contributed by atoms with Crippen molar-refractivity contribution in [2.45, 2.75) is 32.6 Å². The van der Waals surface area contributed by atoms with Crippen LogP contribution in [0.5, 0.6) is 0 Å². The highest BCUT2D eigenvalue weighted by Gasteiger charge is 2.21. The fraction of sp³-hybridized carbons (Fsp3) is 0.222. The Kier molecular flexibility index (Phi) is 7.61. The largest absolute Gasteiger partial charge is 0.463 e. The number of rotatable bonds is 10. The molecule has 1 atom stereocenters. The molecule has 0 saturated heterocycles. The molecule has 0 amide bonds. The summed E-state index contributed by atoms with van der Waals surface area (Å²) in [5.41, 5.74) is 4.24. The van der Waals surface area contributed by atoms with E-state index in [1.54, 1.807) is 0 Å². The highest BCUT2D eigenvalue weighted by atomic mass is 16.5. The zero-order valence-electron chi connectivity index (χ0n) is 18.7. The summed E-state index contributed by atoms with van der Waals surface area (Å²) in [6, 6.07) is 28.7. The van der Waals surface area contributed by atoms with Gasteiger partial charge in [0.15, 0.2) is 0 Å². The summed E-state index contributed by atoms with van der Waals surface area (Å²) in [6.45, 7) is 3.46. The summed E-state index contributed by atoms with van der Waals surface area (Å²) in [7, 11) is 0. The topological polar surface area (TPSA) is 60.2 Å². The van der Waals surface area contributed by atoms with Crippen molar-refractivity contribution >= 4 is 17.0 Å². The molecule has 3 aromatic carbocycles.